The van der Waals surface area contributed by atoms with Crippen LogP contribution in [0.25, 0.3) is 11.3 Å². The second kappa shape index (κ2) is 10.2. The van der Waals surface area contributed by atoms with Gasteiger partial charge in [0.25, 0.3) is 0 Å². The summed E-state index contributed by atoms with van der Waals surface area (Å²) in [5.41, 5.74) is 8.41. The van der Waals surface area contributed by atoms with E-state index in [1.165, 1.54) is 0 Å². The van der Waals surface area contributed by atoms with E-state index in [4.69, 9.17) is 20.2 Å². The maximum Gasteiger partial charge on any atom is 0.410 e. The number of hydrogen-bond acceptors (Lipinski definition) is 8. The van der Waals surface area contributed by atoms with Gasteiger partial charge in [-0.05, 0) is 70.9 Å². The number of pyridine rings is 1. The van der Waals surface area contributed by atoms with E-state index in [0.29, 0.717) is 42.0 Å². The maximum atomic E-state index is 12.5. The van der Waals surface area contributed by atoms with Crippen LogP contribution in [0.4, 0.5) is 16.4 Å². The van der Waals surface area contributed by atoms with Crippen LogP contribution in [0.15, 0.2) is 48.8 Å². The van der Waals surface area contributed by atoms with Crippen molar-refractivity contribution < 1.29 is 14.3 Å². The van der Waals surface area contributed by atoms with Gasteiger partial charge < -0.3 is 25.4 Å². The standard InChI is InChI=1S/C26H32N6O3/c1-17-20(27)10-5-11-22(17)34-23-19(9-6-13-28-23)21-12-14-29-24(31-21)30-18-8-7-15-32(16-18)25(33)35-26(2,3)4/h5-6,9-14,18H,7-8,15-16,27H2,1-4H3,(H,29,30,31). The largest absolute Gasteiger partial charge is 0.444 e. The summed E-state index contributed by atoms with van der Waals surface area (Å²) in [6, 6.07) is 11.1. The second-order valence-corrected chi connectivity index (χ2v) is 9.60. The molecule has 1 fully saturated rings. The van der Waals surface area contributed by atoms with Gasteiger partial charge in [0.05, 0.1) is 11.3 Å². The van der Waals surface area contributed by atoms with E-state index in [2.05, 4.69) is 15.3 Å². The first-order valence-corrected chi connectivity index (χ1v) is 11.8. The molecule has 1 aromatic carbocycles. The lowest BCUT2D eigenvalue weighted by molar-refractivity contribution is 0.0206. The van der Waals surface area contributed by atoms with Gasteiger partial charge in [-0.1, -0.05) is 6.07 Å². The highest BCUT2D eigenvalue weighted by molar-refractivity contribution is 5.69. The van der Waals surface area contributed by atoms with Crippen LogP contribution < -0.4 is 15.8 Å². The van der Waals surface area contributed by atoms with Crippen LogP contribution in [-0.2, 0) is 4.74 Å². The average Bonchev–Trinajstić information content (AvgIpc) is 2.82. The normalized spacial score (nSPS) is 16.0. The highest BCUT2D eigenvalue weighted by atomic mass is 16.6. The molecule has 1 saturated heterocycles. The Balaban J connectivity index is 1.50. The molecule has 3 heterocycles. The van der Waals surface area contributed by atoms with Crippen LogP contribution in [0.1, 0.15) is 39.2 Å². The number of aromatic nitrogens is 3. The molecule has 1 unspecified atom stereocenters. The molecule has 0 radical (unpaired) electrons. The minimum atomic E-state index is -0.525. The highest BCUT2D eigenvalue weighted by Gasteiger charge is 2.28. The van der Waals surface area contributed by atoms with E-state index in [0.717, 1.165) is 24.0 Å². The predicted molar refractivity (Wildman–Crippen MR) is 135 cm³/mol. The zero-order chi connectivity index (χ0) is 25.0. The Labute approximate surface area is 205 Å². The smallest absolute Gasteiger partial charge is 0.410 e. The van der Waals surface area contributed by atoms with Crippen molar-refractivity contribution in [1.82, 2.24) is 19.9 Å². The average molecular weight is 477 g/mol. The molecular formula is C26H32N6O3. The van der Waals surface area contributed by atoms with E-state index in [-0.39, 0.29) is 12.1 Å². The first-order chi connectivity index (χ1) is 16.7. The molecule has 1 aliphatic heterocycles. The third-order valence-corrected chi connectivity index (χ3v) is 5.64. The number of amides is 1. The Morgan fingerprint density at radius 2 is 1.97 bits per heavy atom. The van der Waals surface area contributed by atoms with Crippen LogP contribution in [0, 0.1) is 6.92 Å². The third kappa shape index (κ3) is 6.17. The molecule has 0 saturated carbocycles. The quantitative estimate of drug-likeness (QED) is 0.493. The molecular weight excluding hydrogens is 444 g/mol. The number of benzene rings is 1. The van der Waals surface area contributed by atoms with E-state index in [1.54, 1.807) is 17.3 Å². The lowest BCUT2D eigenvalue weighted by Gasteiger charge is -2.34. The first-order valence-electron chi connectivity index (χ1n) is 11.8. The fraction of sp³-hybridized carbons (Fsp3) is 0.385. The predicted octanol–water partition coefficient (Wildman–Crippen LogP) is 5.03. The topological polar surface area (TPSA) is 115 Å². The Kier molecular flexibility index (Phi) is 7.04. The Bertz CT molecular complexity index is 1190. The summed E-state index contributed by atoms with van der Waals surface area (Å²) >= 11 is 0. The van der Waals surface area contributed by atoms with Crippen molar-refractivity contribution in [3.05, 3.63) is 54.4 Å². The van der Waals surface area contributed by atoms with Crippen molar-refractivity contribution in [3.63, 3.8) is 0 Å². The Hall–Kier alpha value is -3.88. The van der Waals surface area contributed by atoms with E-state index < -0.39 is 5.60 Å². The second-order valence-electron chi connectivity index (χ2n) is 9.60. The summed E-state index contributed by atoms with van der Waals surface area (Å²) in [7, 11) is 0. The summed E-state index contributed by atoms with van der Waals surface area (Å²) in [6.45, 7) is 8.72. The van der Waals surface area contributed by atoms with Gasteiger partial charge >= 0.3 is 6.09 Å². The fourth-order valence-electron chi connectivity index (χ4n) is 3.86. The number of ether oxygens (including phenoxy) is 2. The summed E-state index contributed by atoms with van der Waals surface area (Å²) < 4.78 is 11.6. The molecule has 9 heteroatoms. The third-order valence-electron chi connectivity index (χ3n) is 5.64. The van der Waals surface area contributed by atoms with Gasteiger partial charge in [-0.2, -0.15) is 0 Å². The van der Waals surface area contributed by atoms with Crippen LogP contribution in [0.5, 0.6) is 11.6 Å². The first kappa shape index (κ1) is 24.3. The molecule has 1 aliphatic rings. The van der Waals surface area contributed by atoms with E-state index in [1.807, 2.05) is 64.1 Å². The lowest BCUT2D eigenvalue weighted by atomic mass is 10.1. The van der Waals surface area contributed by atoms with Gasteiger partial charge in [-0.3, -0.25) is 0 Å². The minimum absolute atomic E-state index is 0.0195. The summed E-state index contributed by atoms with van der Waals surface area (Å²) in [5.74, 6) is 1.55. The number of hydrogen-bond donors (Lipinski definition) is 2. The zero-order valence-electron chi connectivity index (χ0n) is 20.6. The fourth-order valence-corrected chi connectivity index (χ4v) is 3.86. The van der Waals surface area contributed by atoms with Crippen LogP contribution in [0.3, 0.4) is 0 Å². The summed E-state index contributed by atoms with van der Waals surface area (Å²) in [5, 5.41) is 3.38. The van der Waals surface area contributed by atoms with Crippen molar-refractivity contribution >= 4 is 17.7 Å². The van der Waals surface area contributed by atoms with Crippen molar-refractivity contribution in [2.75, 3.05) is 24.1 Å². The number of likely N-dealkylation sites (tertiary alicyclic amines) is 1. The Morgan fingerprint density at radius 1 is 1.14 bits per heavy atom. The van der Waals surface area contributed by atoms with E-state index >= 15 is 0 Å². The van der Waals surface area contributed by atoms with Crippen LogP contribution in [0.2, 0.25) is 0 Å². The number of nitrogen functional groups attached to an aromatic ring is 1. The monoisotopic (exact) mass is 476 g/mol. The summed E-state index contributed by atoms with van der Waals surface area (Å²) in [4.78, 5) is 27.8. The van der Waals surface area contributed by atoms with Gasteiger partial charge in [-0.15, -0.1) is 0 Å². The van der Waals surface area contributed by atoms with Crippen LogP contribution >= 0.6 is 0 Å². The molecule has 0 bridgehead atoms. The maximum absolute atomic E-state index is 12.5. The zero-order valence-corrected chi connectivity index (χ0v) is 20.6. The van der Waals surface area contributed by atoms with Crippen molar-refractivity contribution in [3.8, 4) is 22.9 Å². The van der Waals surface area contributed by atoms with Crippen molar-refractivity contribution in [2.45, 2.75) is 52.2 Å². The molecule has 1 amide bonds. The van der Waals surface area contributed by atoms with Gasteiger partial charge in [0.1, 0.15) is 11.4 Å². The number of carbonyl (C=O) groups is 1. The molecule has 9 nitrogen and oxygen atoms in total. The number of rotatable bonds is 5. The van der Waals surface area contributed by atoms with Crippen LogP contribution in [-0.4, -0.2) is 50.7 Å². The van der Waals surface area contributed by atoms with Crippen molar-refractivity contribution in [1.29, 1.82) is 0 Å². The number of carbonyl (C=O) groups excluding carboxylic acids is 1. The molecule has 1 atom stereocenters. The van der Waals surface area contributed by atoms with Gasteiger partial charge in [0, 0.05) is 42.8 Å². The van der Waals surface area contributed by atoms with Gasteiger partial charge in [-0.25, -0.2) is 19.7 Å². The molecule has 3 aromatic rings. The minimum Gasteiger partial charge on any atom is -0.444 e. The molecule has 184 valence electrons. The van der Waals surface area contributed by atoms with Gasteiger partial charge in [0.15, 0.2) is 0 Å². The molecule has 4 rings (SSSR count). The SMILES string of the molecule is Cc1c(N)cccc1Oc1ncccc1-c1ccnc(NC2CCCN(C(=O)OC(C)(C)C)C2)n1. The Morgan fingerprint density at radius 3 is 2.77 bits per heavy atom. The lowest BCUT2D eigenvalue weighted by Crippen LogP contribution is -2.47. The molecule has 0 spiro atoms. The van der Waals surface area contributed by atoms with Crippen molar-refractivity contribution in [2.24, 2.45) is 0 Å². The molecule has 2 aromatic heterocycles. The number of anilines is 2. The van der Waals surface area contributed by atoms with Gasteiger partial charge in [0.2, 0.25) is 11.8 Å². The molecule has 0 aliphatic carbocycles. The number of piperidine rings is 1. The van der Waals surface area contributed by atoms with E-state index in [9.17, 15) is 4.79 Å². The number of nitrogens with one attached hydrogen (secondary N) is 1. The number of nitrogens with two attached hydrogens (primary N) is 1. The molecule has 35 heavy (non-hydrogen) atoms. The highest BCUT2D eigenvalue weighted by Crippen LogP contribution is 2.33. The number of nitrogens with zero attached hydrogens (tertiary/aromatic N) is 4. The molecule has 3 N–H and O–H groups in total. The summed E-state index contributed by atoms with van der Waals surface area (Å²) in [6.07, 6.45) is 4.85.